The third-order valence-corrected chi connectivity index (χ3v) is 11.6. The van der Waals surface area contributed by atoms with Crippen LogP contribution >= 0.6 is 0 Å². The van der Waals surface area contributed by atoms with E-state index in [1.165, 1.54) is 0 Å². The largest absolute Gasteiger partial charge is 0.394 e. The van der Waals surface area contributed by atoms with Gasteiger partial charge in [0.2, 0.25) is 5.91 Å². The summed E-state index contributed by atoms with van der Waals surface area (Å²) in [6.45, 7) is 2.54. The quantitative estimate of drug-likeness (QED) is 0.0246. The van der Waals surface area contributed by atoms with Crippen molar-refractivity contribution < 1.29 is 64.6 Å². The maximum atomic E-state index is 13.0. The molecule has 0 aromatic carbocycles. The molecule has 9 N–H and O–H groups in total. The van der Waals surface area contributed by atoms with Gasteiger partial charge in [0, 0.05) is 6.42 Å². The lowest BCUT2D eigenvalue weighted by molar-refractivity contribution is -0.359. The number of hydrogen-bond acceptors (Lipinski definition) is 13. The van der Waals surface area contributed by atoms with E-state index < -0.39 is 86.8 Å². The average Bonchev–Trinajstić information content (AvgIpc) is 3.33. The van der Waals surface area contributed by atoms with Crippen LogP contribution in [0.4, 0.5) is 0 Å². The fourth-order valence-corrected chi connectivity index (χ4v) is 7.48. The number of unbranched alkanes of at least 4 members (excludes halogenated alkanes) is 7. The van der Waals surface area contributed by atoms with Crippen LogP contribution in [-0.4, -0.2) is 140 Å². The minimum atomic E-state index is -1.79. The highest BCUT2D eigenvalue weighted by molar-refractivity contribution is 5.76. The van der Waals surface area contributed by atoms with Gasteiger partial charge in [0.05, 0.1) is 32.0 Å². The van der Waals surface area contributed by atoms with Gasteiger partial charge in [0.15, 0.2) is 12.6 Å². The molecule has 12 unspecified atom stereocenters. The Labute approximate surface area is 401 Å². The van der Waals surface area contributed by atoms with E-state index in [1.807, 2.05) is 0 Å². The van der Waals surface area contributed by atoms with Crippen molar-refractivity contribution in [2.24, 2.45) is 0 Å². The second kappa shape index (κ2) is 38.7. The van der Waals surface area contributed by atoms with Gasteiger partial charge in [-0.2, -0.15) is 0 Å². The number of aliphatic hydroxyl groups is 8. The predicted molar refractivity (Wildman–Crippen MR) is 262 cm³/mol. The van der Waals surface area contributed by atoms with Gasteiger partial charge in [-0.1, -0.05) is 150 Å². The van der Waals surface area contributed by atoms with E-state index in [0.717, 1.165) is 103 Å². The second-order valence-electron chi connectivity index (χ2n) is 17.2. The van der Waals surface area contributed by atoms with Gasteiger partial charge in [-0.05, 0) is 77.0 Å². The van der Waals surface area contributed by atoms with Gasteiger partial charge in [-0.15, -0.1) is 0 Å². The summed E-state index contributed by atoms with van der Waals surface area (Å²) in [5.74, 6) is -0.247. The minimum Gasteiger partial charge on any atom is -0.394 e. The number of nitrogens with one attached hydrogen (secondary N) is 1. The van der Waals surface area contributed by atoms with E-state index in [9.17, 15) is 45.6 Å². The molecule has 0 aromatic heterocycles. The summed E-state index contributed by atoms with van der Waals surface area (Å²) in [6.07, 6.45) is 35.0. The van der Waals surface area contributed by atoms with Gasteiger partial charge in [-0.3, -0.25) is 4.79 Å². The zero-order valence-corrected chi connectivity index (χ0v) is 40.3. The van der Waals surface area contributed by atoms with Crippen LogP contribution in [0.3, 0.4) is 0 Å². The summed E-state index contributed by atoms with van der Waals surface area (Å²) in [5.41, 5.74) is 0. The molecule has 0 spiro atoms. The zero-order chi connectivity index (χ0) is 48.9. The molecular formula is C53H87NO13. The van der Waals surface area contributed by atoms with Crippen LogP contribution in [0.25, 0.3) is 0 Å². The topological polar surface area (TPSA) is 228 Å². The number of aliphatic hydroxyl groups excluding tert-OH is 8. The Kier molecular flexibility index (Phi) is 34.7. The van der Waals surface area contributed by atoms with Gasteiger partial charge in [-0.25, -0.2) is 0 Å². The first-order valence-corrected chi connectivity index (χ1v) is 25.0. The molecule has 14 nitrogen and oxygen atoms in total. The van der Waals surface area contributed by atoms with E-state index in [2.05, 4.69) is 116 Å². The number of hydrogen-bond donors (Lipinski definition) is 9. The first-order valence-electron chi connectivity index (χ1n) is 25.0. The Balaban J connectivity index is 1.66. The number of amides is 1. The maximum Gasteiger partial charge on any atom is 0.220 e. The van der Waals surface area contributed by atoms with E-state index in [1.54, 1.807) is 0 Å². The molecule has 2 saturated heterocycles. The Morgan fingerprint density at radius 3 is 1.55 bits per heavy atom. The summed E-state index contributed by atoms with van der Waals surface area (Å²) >= 11 is 0. The molecule has 14 heteroatoms. The Bertz CT molecular complexity index is 1490. The molecule has 0 aromatic rings. The van der Waals surface area contributed by atoms with E-state index >= 15 is 0 Å². The standard InChI is InChI=1S/C53H87NO13/c1-3-5-7-9-10-11-12-13-14-15-16-17-18-19-20-21-22-23-24-25-26-27-28-29-30-31-32-33-35-37-45(58)54-41(42(57)36-34-8-6-4-2)40-64-52-50(63)48(61)51(44(39-56)66-52)67-53-49(62)47(60)46(59)43(38-55)65-53/h5,7,10-11,13-14,16-17,19-20,22-23,25-26,28-29,41-44,46-53,55-57,59-63H,3-4,6,8-9,12,15,18,21,24,27,30-40H2,1-2H3,(H,54,58)/b7-5-,11-10-,14-13-,17-16-,20-19-,23-22-,26-25-,29-28-. The van der Waals surface area contributed by atoms with Crippen molar-refractivity contribution >= 4 is 5.91 Å². The molecule has 67 heavy (non-hydrogen) atoms. The van der Waals surface area contributed by atoms with Gasteiger partial charge < -0.3 is 65.1 Å². The first-order chi connectivity index (χ1) is 32.6. The Morgan fingerprint density at radius 2 is 1.03 bits per heavy atom. The third kappa shape index (κ3) is 25.9. The molecule has 2 rings (SSSR count). The minimum absolute atomic E-state index is 0.247. The number of ether oxygens (including phenoxy) is 4. The summed E-state index contributed by atoms with van der Waals surface area (Å²) in [5, 5.41) is 86.1. The first kappa shape index (κ1) is 60.0. The molecule has 2 heterocycles. The molecule has 0 saturated carbocycles. The van der Waals surface area contributed by atoms with Crippen LogP contribution in [0.2, 0.25) is 0 Å². The molecular weight excluding hydrogens is 859 g/mol. The number of carbonyl (C=O) groups excluding carboxylic acids is 1. The van der Waals surface area contributed by atoms with Crippen LogP contribution in [0.5, 0.6) is 0 Å². The van der Waals surface area contributed by atoms with Crippen molar-refractivity contribution in [3.8, 4) is 0 Å². The lowest BCUT2D eigenvalue weighted by Crippen LogP contribution is -2.65. The van der Waals surface area contributed by atoms with Crippen LogP contribution in [-0.2, 0) is 23.7 Å². The normalized spacial score (nSPS) is 27.4. The molecule has 0 bridgehead atoms. The van der Waals surface area contributed by atoms with Gasteiger partial charge in [0.25, 0.3) is 0 Å². The monoisotopic (exact) mass is 946 g/mol. The van der Waals surface area contributed by atoms with E-state index in [-0.39, 0.29) is 18.9 Å². The molecule has 2 fully saturated rings. The summed E-state index contributed by atoms with van der Waals surface area (Å²) in [6, 6.07) is -0.845. The molecule has 382 valence electrons. The number of allylic oxidation sites excluding steroid dienone is 16. The smallest absolute Gasteiger partial charge is 0.220 e. The molecule has 2 aliphatic heterocycles. The maximum absolute atomic E-state index is 13.0. The van der Waals surface area contributed by atoms with Gasteiger partial charge >= 0.3 is 0 Å². The zero-order valence-electron chi connectivity index (χ0n) is 40.3. The van der Waals surface area contributed by atoms with Crippen molar-refractivity contribution in [3.63, 3.8) is 0 Å². The van der Waals surface area contributed by atoms with Crippen LogP contribution < -0.4 is 5.32 Å². The van der Waals surface area contributed by atoms with Crippen molar-refractivity contribution in [2.45, 2.75) is 209 Å². The van der Waals surface area contributed by atoms with E-state index in [0.29, 0.717) is 12.8 Å². The van der Waals surface area contributed by atoms with Crippen LogP contribution in [0.1, 0.15) is 136 Å². The Morgan fingerprint density at radius 1 is 0.552 bits per heavy atom. The molecule has 1 amide bonds. The SMILES string of the molecule is CC/C=C\C/C=C\C/C=C\C/C=C\C/C=C\C/C=C\C/C=C\C/C=C\CCCCCCC(=O)NC(COC1OC(CO)C(OC2OC(CO)C(O)C(O)C2O)C(O)C1O)C(O)CCCCCC. The molecule has 0 radical (unpaired) electrons. The third-order valence-electron chi connectivity index (χ3n) is 11.6. The lowest BCUT2D eigenvalue weighted by atomic mass is 9.97. The van der Waals surface area contributed by atoms with Gasteiger partial charge in [0.1, 0.15) is 48.8 Å². The highest BCUT2D eigenvalue weighted by Crippen LogP contribution is 2.30. The summed E-state index contributed by atoms with van der Waals surface area (Å²) < 4.78 is 22.5. The average molecular weight is 946 g/mol. The summed E-state index contributed by atoms with van der Waals surface area (Å²) in [7, 11) is 0. The predicted octanol–water partition coefficient (Wildman–Crippen LogP) is 6.37. The molecule has 12 atom stereocenters. The lowest BCUT2D eigenvalue weighted by Gasteiger charge is -2.46. The van der Waals surface area contributed by atoms with Crippen molar-refractivity contribution in [2.75, 3.05) is 19.8 Å². The fraction of sp³-hybridized carbons (Fsp3) is 0.679. The highest BCUT2D eigenvalue weighted by atomic mass is 16.7. The Hall–Kier alpha value is -3.09. The summed E-state index contributed by atoms with van der Waals surface area (Å²) in [4.78, 5) is 13.0. The molecule has 2 aliphatic rings. The van der Waals surface area contributed by atoms with Crippen molar-refractivity contribution in [3.05, 3.63) is 97.2 Å². The van der Waals surface area contributed by atoms with Crippen molar-refractivity contribution in [1.29, 1.82) is 0 Å². The van der Waals surface area contributed by atoms with Crippen molar-refractivity contribution in [1.82, 2.24) is 5.32 Å². The highest BCUT2D eigenvalue weighted by Gasteiger charge is 2.51. The van der Waals surface area contributed by atoms with Crippen LogP contribution in [0.15, 0.2) is 97.2 Å². The molecule has 0 aliphatic carbocycles. The number of rotatable bonds is 36. The van der Waals surface area contributed by atoms with E-state index in [4.69, 9.17) is 18.9 Å². The number of carbonyl (C=O) groups is 1. The van der Waals surface area contributed by atoms with Crippen LogP contribution in [0, 0.1) is 0 Å². The second-order valence-corrected chi connectivity index (χ2v) is 17.2. The fourth-order valence-electron chi connectivity index (χ4n) is 7.48.